The number of fused-ring (bicyclic) bond motifs is 1. The maximum atomic E-state index is 12.9. The van der Waals surface area contributed by atoms with E-state index in [4.69, 9.17) is 4.74 Å². The molecule has 25 heavy (non-hydrogen) atoms. The third kappa shape index (κ3) is 3.85. The number of hydrogen-bond donors (Lipinski definition) is 0. The number of benzene rings is 1. The van der Waals surface area contributed by atoms with Crippen LogP contribution in [0.4, 0.5) is 0 Å². The summed E-state index contributed by atoms with van der Waals surface area (Å²) in [6.45, 7) is 1.09. The third-order valence-corrected chi connectivity index (χ3v) is 6.62. The normalized spacial score (nSPS) is 16.7. The molecule has 1 fully saturated rings. The Morgan fingerprint density at radius 3 is 2.84 bits per heavy atom. The minimum absolute atomic E-state index is 0.135. The van der Waals surface area contributed by atoms with Crippen molar-refractivity contribution in [3.05, 3.63) is 59.4 Å². The Bertz CT molecular complexity index is 848. The van der Waals surface area contributed by atoms with E-state index in [1.807, 2.05) is 30.3 Å². The molecule has 2 heterocycles. The van der Waals surface area contributed by atoms with Gasteiger partial charge in [0.15, 0.2) is 0 Å². The third-order valence-electron chi connectivity index (χ3n) is 4.76. The van der Waals surface area contributed by atoms with Crippen LogP contribution in [0.15, 0.2) is 42.6 Å². The highest BCUT2D eigenvalue weighted by Gasteiger charge is 2.37. The first kappa shape index (κ1) is 16.5. The van der Waals surface area contributed by atoms with Crippen molar-refractivity contribution in [2.75, 3.05) is 12.4 Å². The van der Waals surface area contributed by atoms with Gasteiger partial charge in [0.05, 0.1) is 24.6 Å². The van der Waals surface area contributed by atoms with E-state index in [9.17, 15) is 8.42 Å². The van der Waals surface area contributed by atoms with Gasteiger partial charge in [-0.15, -0.1) is 0 Å². The minimum Gasteiger partial charge on any atom is -0.493 e. The standard InChI is InChI=1S/C19H22N2O3S/c22-25(23,12-9-15-4-7-19-16(13-15)8-11-24-19)21(18-5-6-18)14-17-3-1-2-10-20-17/h1-4,7,10,13,18H,5-6,8-9,11-12,14H2. The Kier molecular flexibility index (Phi) is 4.48. The first-order valence-electron chi connectivity index (χ1n) is 8.76. The molecule has 132 valence electrons. The summed E-state index contributed by atoms with van der Waals surface area (Å²) in [6, 6.07) is 11.8. The van der Waals surface area contributed by atoms with Gasteiger partial charge >= 0.3 is 0 Å². The molecular formula is C19H22N2O3S. The highest BCUT2D eigenvalue weighted by molar-refractivity contribution is 7.89. The lowest BCUT2D eigenvalue weighted by Gasteiger charge is -2.21. The Balaban J connectivity index is 1.45. The van der Waals surface area contributed by atoms with Crippen LogP contribution in [0.25, 0.3) is 0 Å². The Hall–Kier alpha value is -1.92. The molecule has 5 nitrogen and oxygen atoms in total. The molecule has 6 heteroatoms. The zero-order valence-corrected chi connectivity index (χ0v) is 14.9. The molecule has 0 spiro atoms. The van der Waals surface area contributed by atoms with Crippen LogP contribution in [0.1, 0.15) is 29.7 Å². The number of ether oxygens (including phenoxy) is 1. The largest absolute Gasteiger partial charge is 0.493 e. The van der Waals surface area contributed by atoms with Crippen LogP contribution in [-0.4, -0.2) is 36.1 Å². The Labute approximate surface area is 148 Å². The summed E-state index contributed by atoms with van der Waals surface area (Å²) in [4.78, 5) is 4.28. The fraction of sp³-hybridized carbons (Fsp3) is 0.421. The molecule has 1 saturated carbocycles. The predicted molar refractivity (Wildman–Crippen MR) is 95.9 cm³/mol. The van der Waals surface area contributed by atoms with Gasteiger partial charge in [0.1, 0.15) is 5.75 Å². The summed E-state index contributed by atoms with van der Waals surface area (Å²) < 4.78 is 32.9. The van der Waals surface area contributed by atoms with Gasteiger partial charge in [-0.2, -0.15) is 4.31 Å². The summed E-state index contributed by atoms with van der Waals surface area (Å²) in [5.41, 5.74) is 3.04. The van der Waals surface area contributed by atoms with Crippen LogP contribution < -0.4 is 4.74 Å². The molecule has 1 aromatic heterocycles. The van der Waals surface area contributed by atoms with Gasteiger partial charge in [-0.25, -0.2) is 8.42 Å². The molecule has 2 aromatic rings. The molecule has 0 amide bonds. The van der Waals surface area contributed by atoms with Crippen molar-refractivity contribution in [3.8, 4) is 5.75 Å². The molecule has 2 aliphatic rings. The maximum Gasteiger partial charge on any atom is 0.215 e. The molecule has 0 unspecified atom stereocenters. The SMILES string of the molecule is O=S(=O)(CCc1ccc2c(c1)CCO2)N(Cc1ccccn1)C1CC1. The van der Waals surface area contributed by atoms with Crippen LogP contribution in [0.2, 0.25) is 0 Å². The van der Waals surface area contributed by atoms with Crippen LogP contribution in [-0.2, 0) is 29.4 Å². The van der Waals surface area contributed by atoms with Gasteiger partial charge in [0, 0.05) is 18.7 Å². The average molecular weight is 358 g/mol. The number of nitrogens with zero attached hydrogens (tertiary/aromatic N) is 2. The quantitative estimate of drug-likeness (QED) is 0.763. The number of hydrogen-bond acceptors (Lipinski definition) is 4. The highest BCUT2D eigenvalue weighted by Crippen LogP contribution is 2.31. The van der Waals surface area contributed by atoms with E-state index in [-0.39, 0.29) is 11.8 Å². The first-order valence-corrected chi connectivity index (χ1v) is 10.4. The van der Waals surface area contributed by atoms with Crippen molar-refractivity contribution < 1.29 is 13.2 Å². The van der Waals surface area contributed by atoms with Crippen molar-refractivity contribution in [1.29, 1.82) is 0 Å². The van der Waals surface area contributed by atoms with Gasteiger partial charge in [-0.05, 0) is 48.6 Å². The lowest BCUT2D eigenvalue weighted by Crippen LogP contribution is -2.35. The summed E-state index contributed by atoms with van der Waals surface area (Å²) in [7, 11) is -3.31. The van der Waals surface area contributed by atoms with Gasteiger partial charge < -0.3 is 4.74 Å². The molecule has 0 atom stereocenters. The van der Waals surface area contributed by atoms with Crippen LogP contribution in [0, 0.1) is 0 Å². The molecule has 0 saturated heterocycles. The number of rotatable bonds is 7. The Morgan fingerprint density at radius 1 is 1.20 bits per heavy atom. The predicted octanol–water partition coefficient (Wildman–Crippen LogP) is 2.55. The molecule has 1 aliphatic heterocycles. The lowest BCUT2D eigenvalue weighted by molar-refractivity contribution is 0.357. The number of pyridine rings is 1. The fourth-order valence-electron chi connectivity index (χ4n) is 3.23. The van der Waals surface area contributed by atoms with Gasteiger partial charge in [-0.3, -0.25) is 4.98 Å². The van der Waals surface area contributed by atoms with E-state index in [0.717, 1.165) is 42.9 Å². The second kappa shape index (κ2) is 6.77. The van der Waals surface area contributed by atoms with Gasteiger partial charge in [-0.1, -0.05) is 18.2 Å². The van der Waals surface area contributed by atoms with Crippen molar-refractivity contribution in [1.82, 2.24) is 9.29 Å². The molecule has 4 rings (SSSR count). The molecule has 0 bridgehead atoms. The topological polar surface area (TPSA) is 59.5 Å². The summed E-state index contributed by atoms with van der Waals surface area (Å²) in [5.74, 6) is 1.07. The number of sulfonamides is 1. The van der Waals surface area contributed by atoms with Crippen LogP contribution in [0.5, 0.6) is 5.75 Å². The van der Waals surface area contributed by atoms with Crippen LogP contribution >= 0.6 is 0 Å². The van der Waals surface area contributed by atoms with E-state index < -0.39 is 10.0 Å². The first-order chi connectivity index (χ1) is 12.1. The smallest absolute Gasteiger partial charge is 0.215 e. The Morgan fingerprint density at radius 2 is 2.08 bits per heavy atom. The zero-order chi connectivity index (χ0) is 17.3. The summed E-state index contributed by atoms with van der Waals surface area (Å²) >= 11 is 0. The second-order valence-corrected chi connectivity index (χ2v) is 8.75. The van der Waals surface area contributed by atoms with Gasteiger partial charge in [0.2, 0.25) is 10.0 Å². The lowest BCUT2D eigenvalue weighted by atomic mass is 10.1. The van der Waals surface area contributed by atoms with Gasteiger partial charge in [0.25, 0.3) is 0 Å². The zero-order valence-electron chi connectivity index (χ0n) is 14.1. The molecule has 1 aromatic carbocycles. The molecule has 0 radical (unpaired) electrons. The van der Waals surface area contributed by atoms with Crippen LogP contribution in [0.3, 0.4) is 0 Å². The van der Waals surface area contributed by atoms with E-state index in [1.165, 1.54) is 5.56 Å². The average Bonchev–Trinajstić information content (AvgIpc) is 3.35. The van der Waals surface area contributed by atoms with Crippen molar-refractivity contribution >= 4 is 10.0 Å². The highest BCUT2D eigenvalue weighted by atomic mass is 32.2. The summed E-state index contributed by atoms with van der Waals surface area (Å²) in [5, 5.41) is 0. The maximum absolute atomic E-state index is 12.9. The fourth-order valence-corrected chi connectivity index (χ4v) is 4.95. The van der Waals surface area contributed by atoms with Crippen molar-refractivity contribution in [3.63, 3.8) is 0 Å². The van der Waals surface area contributed by atoms with E-state index in [0.29, 0.717) is 13.0 Å². The monoisotopic (exact) mass is 358 g/mol. The molecule has 1 aliphatic carbocycles. The van der Waals surface area contributed by atoms with E-state index in [1.54, 1.807) is 10.5 Å². The van der Waals surface area contributed by atoms with Crippen molar-refractivity contribution in [2.45, 2.75) is 38.3 Å². The second-order valence-electron chi connectivity index (χ2n) is 6.70. The van der Waals surface area contributed by atoms with Crippen molar-refractivity contribution in [2.24, 2.45) is 0 Å². The minimum atomic E-state index is -3.31. The number of aryl methyl sites for hydroxylation is 1. The van der Waals surface area contributed by atoms with E-state index in [2.05, 4.69) is 11.1 Å². The molecule has 0 N–H and O–H groups in total. The number of aromatic nitrogens is 1. The van der Waals surface area contributed by atoms with E-state index >= 15 is 0 Å². The summed E-state index contributed by atoms with van der Waals surface area (Å²) in [6.07, 6.45) is 5.04. The molecular weight excluding hydrogens is 336 g/mol.